The molecule has 0 aliphatic rings. The second-order valence-electron chi connectivity index (χ2n) is 4.73. The van der Waals surface area contributed by atoms with E-state index in [-0.39, 0.29) is 12.5 Å². The quantitative estimate of drug-likeness (QED) is 0.691. The lowest BCUT2D eigenvalue weighted by Crippen LogP contribution is -2.41. The standard InChI is InChI=1S/C10H21NO3/c1-9(2,13)7-11-8(12)6-10(3,4)14-5/h13H,6-7H2,1-5H3,(H,11,12). The highest BCUT2D eigenvalue weighted by Gasteiger charge is 2.22. The van der Waals surface area contributed by atoms with Gasteiger partial charge < -0.3 is 15.2 Å². The van der Waals surface area contributed by atoms with E-state index in [2.05, 4.69) is 5.32 Å². The minimum atomic E-state index is -0.868. The summed E-state index contributed by atoms with van der Waals surface area (Å²) in [4.78, 5) is 11.4. The van der Waals surface area contributed by atoms with Crippen LogP contribution in [-0.2, 0) is 9.53 Å². The predicted octanol–water partition coefficient (Wildman–Crippen LogP) is 0.689. The highest BCUT2D eigenvalue weighted by Crippen LogP contribution is 2.12. The summed E-state index contributed by atoms with van der Waals surface area (Å²) in [5.41, 5.74) is -1.32. The van der Waals surface area contributed by atoms with Crippen LogP contribution >= 0.6 is 0 Å². The molecule has 2 N–H and O–H groups in total. The second-order valence-corrected chi connectivity index (χ2v) is 4.73. The number of nitrogens with one attached hydrogen (secondary N) is 1. The highest BCUT2D eigenvalue weighted by molar-refractivity contribution is 5.76. The van der Waals surface area contributed by atoms with Crippen LogP contribution in [0.5, 0.6) is 0 Å². The maximum absolute atomic E-state index is 11.4. The van der Waals surface area contributed by atoms with Crippen LogP contribution in [0.3, 0.4) is 0 Å². The van der Waals surface area contributed by atoms with E-state index in [0.717, 1.165) is 0 Å². The van der Waals surface area contributed by atoms with Gasteiger partial charge in [0.25, 0.3) is 0 Å². The van der Waals surface area contributed by atoms with Gasteiger partial charge in [-0.1, -0.05) is 0 Å². The van der Waals surface area contributed by atoms with Crippen molar-refractivity contribution in [1.29, 1.82) is 0 Å². The zero-order chi connectivity index (χ0) is 11.4. The summed E-state index contributed by atoms with van der Waals surface area (Å²) in [6.07, 6.45) is 0.291. The Morgan fingerprint density at radius 1 is 1.36 bits per heavy atom. The average molecular weight is 203 g/mol. The van der Waals surface area contributed by atoms with Gasteiger partial charge in [0.2, 0.25) is 5.91 Å². The summed E-state index contributed by atoms with van der Waals surface area (Å²) in [7, 11) is 1.57. The fourth-order valence-electron chi connectivity index (χ4n) is 0.836. The van der Waals surface area contributed by atoms with E-state index < -0.39 is 11.2 Å². The monoisotopic (exact) mass is 203 g/mol. The molecule has 0 aliphatic heterocycles. The first-order valence-electron chi connectivity index (χ1n) is 4.70. The van der Waals surface area contributed by atoms with Gasteiger partial charge in [-0.3, -0.25) is 4.79 Å². The van der Waals surface area contributed by atoms with Gasteiger partial charge in [0, 0.05) is 13.7 Å². The molecule has 14 heavy (non-hydrogen) atoms. The van der Waals surface area contributed by atoms with Crippen LogP contribution in [0.4, 0.5) is 0 Å². The number of hydrogen-bond acceptors (Lipinski definition) is 3. The van der Waals surface area contributed by atoms with Crippen LogP contribution < -0.4 is 5.32 Å². The Balaban J connectivity index is 3.89. The average Bonchev–Trinajstić information content (AvgIpc) is 1.99. The van der Waals surface area contributed by atoms with Crippen LogP contribution in [0.1, 0.15) is 34.1 Å². The van der Waals surface area contributed by atoms with Crippen molar-refractivity contribution in [2.75, 3.05) is 13.7 Å². The minimum Gasteiger partial charge on any atom is -0.389 e. The smallest absolute Gasteiger partial charge is 0.222 e. The molecule has 0 aromatic heterocycles. The third-order valence-electron chi connectivity index (χ3n) is 1.86. The number of carbonyl (C=O) groups is 1. The van der Waals surface area contributed by atoms with Gasteiger partial charge >= 0.3 is 0 Å². The van der Waals surface area contributed by atoms with Gasteiger partial charge in [0.15, 0.2) is 0 Å². The molecular weight excluding hydrogens is 182 g/mol. The lowest BCUT2D eigenvalue weighted by molar-refractivity contribution is -0.127. The Bertz CT molecular complexity index is 194. The van der Waals surface area contributed by atoms with Crippen LogP contribution in [-0.4, -0.2) is 35.9 Å². The Morgan fingerprint density at radius 3 is 2.21 bits per heavy atom. The Labute approximate surface area is 85.6 Å². The number of aliphatic hydroxyl groups is 1. The molecule has 0 spiro atoms. The van der Waals surface area contributed by atoms with E-state index in [1.54, 1.807) is 21.0 Å². The topological polar surface area (TPSA) is 58.6 Å². The van der Waals surface area contributed by atoms with Gasteiger partial charge in [0.1, 0.15) is 0 Å². The first-order chi connectivity index (χ1) is 6.16. The minimum absolute atomic E-state index is 0.112. The molecule has 4 nitrogen and oxygen atoms in total. The molecule has 0 saturated carbocycles. The van der Waals surface area contributed by atoms with Crippen LogP contribution in [0.25, 0.3) is 0 Å². The van der Waals surface area contributed by atoms with E-state index in [4.69, 9.17) is 4.74 Å². The fraction of sp³-hybridized carbons (Fsp3) is 0.900. The zero-order valence-electron chi connectivity index (χ0n) is 9.68. The Morgan fingerprint density at radius 2 is 1.86 bits per heavy atom. The lowest BCUT2D eigenvalue weighted by Gasteiger charge is -2.23. The van der Waals surface area contributed by atoms with Crippen molar-refractivity contribution in [3.05, 3.63) is 0 Å². The number of ether oxygens (including phenoxy) is 1. The van der Waals surface area contributed by atoms with Crippen LogP contribution in [0.2, 0.25) is 0 Å². The molecule has 0 aromatic carbocycles. The highest BCUT2D eigenvalue weighted by atomic mass is 16.5. The molecule has 0 heterocycles. The largest absolute Gasteiger partial charge is 0.389 e. The van der Waals surface area contributed by atoms with E-state index in [9.17, 15) is 9.90 Å². The molecule has 84 valence electrons. The van der Waals surface area contributed by atoms with E-state index in [0.29, 0.717) is 6.42 Å². The Kier molecular flexibility index (Phi) is 4.55. The molecule has 0 saturated heterocycles. The summed E-state index contributed by atoms with van der Waals surface area (Å²) in [5.74, 6) is -0.112. The number of amides is 1. The van der Waals surface area contributed by atoms with Crippen molar-refractivity contribution in [1.82, 2.24) is 5.32 Å². The van der Waals surface area contributed by atoms with Crippen LogP contribution in [0.15, 0.2) is 0 Å². The van der Waals surface area contributed by atoms with Gasteiger partial charge in [-0.25, -0.2) is 0 Å². The van der Waals surface area contributed by atoms with Crippen molar-refractivity contribution in [2.24, 2.45) is 0 Å². The summed E-state index contributed by atoms with van der Waals surface area (Å²) < 4.78 is 5.12. The number of carbonyl (C=O) groups excluding carboxylic acids is 1. The summed E-state index contributed by atoms with van der Waals surface area (Å²) in [6, 6.07) is 0. The first kappa shape index (κ1) is 13.4. The zero-order valence-corrected chi connectivity index (χ0v) is 9.68. The molecule has 0 fully saturated rings. The van der Waals surface area contributed by atoms with E-state index >= 15 is 0 Å². The number of methoxy groups -OCH3 is 1. The summed E-state index contributed by atoms with van der Waals surface area (Å²) in [6.45, 7) is 7.24. The van der Waals surface area contributed by atoms with E-state index in [1.165, 1.54) is 0 Å². The third-order valence-corrected chi connectivity index (χ3v) is 1.86. The predicted molar refractivity (Wildman–Crippen MR) is 55.0 cm³/mol. The molecule has 1 amide bonds. The molecule has 0 aromatic rings. The normalized spacial score (nSPS) is 12.7. The lowest BCUT2D eigenvalue weighted by atomic mass is 10.0. The molecule has 0 atom stereocenters. The molecule has 0 radical (unpaired) electrons. The van der Waals surface area contributed by atoms with Crippen molar-refractivity contribution in [3.63, 3.8) is 0 Å². The molecule has 0 bridgehead atoms. The number of hydrogen-bond donors (Lipinski definition) is 2. The fourth-order valence-corrected chi connectivity index (χ4v) is 0.836. The summed E-state index contributed by atoms with van der Waals surface area (Å²) >= 11 is 0. The Hall–Kier alpha value is -0.610. The van der Waals surface area contributed by atoms with Crippen LogP contribution in [0, 0.1) is 0 Å². The van der Waals surface area contributed by atoms with Gasteiger partial charge in [0.05, 0.1) is 17.6 Å². The van der Waals surface area contributed by atoms with Gasteiger partial charge in [-0.05, 0) is 27.7 Å². The molecular formula is C10H21NO3. The third kappa shape index (κ3) is 6.86. The molecule has 0 rings (SSSR count). The summed E-state index contributed by atoms with van der Waals surface area (Å²) in [5, 5.41) is 12.0. The second kappa shape index (κ2) is 4.75. The van der Waals surface area contributed by atoms with Crippen molar-refractivity contribution >= 4 is 5.91 Å². The van der Waals surface area contributed by atoms with Gasteiger partial charge in [-0.2, -0.15) is 0 Å². The van der Waals surface area contributed by atoms with Crippen molar-refractivity contribution in [2.45, 2.75) is 45.3 Å². The SMILES string of the molecule is COC(C)(C)CC(=O)NCC(C)(C)O. The van der Waals surface area contributed by atoms with Crippen molar-refractivity contribution in [3.8, 4) is 0 Å². The molecule has 4 heteroatoms. The first-order valence-corrected chi connectivity index (χ1v) is 4.70. The maximum Gasteiger partial charge on any atom is 0.222 e. The van der Waals surface area contributed by atoms with E-state index in [1.807, 2.05) is 13.8 Å². The molecule has 0 aliphatic carbocycles. The molecule has 0 unspecified atom stereocenters. The number of rotatable bonds is 5. The maximum atomic E-state index is 11.4. The van der Waals surface area contributed by atoms with Crippen molar-refractivity contribution < 1.29 is 14.6 Å². The van der Waals surface area contributed by atoms with Gasteiger partial charge in [-0.15, -0.1) is 0 Å².